The van der Waals surface area contributed by atoms with E-state index in [4.69, 9.17) is 0 Å². The molecule has 116 valence electrons. The van der Waals surface area contributed by atoms with Crippen molar-refractivity contribution >= 4 is 0 Å². The van der Waals surface area contributed by atoms with E-state index in [0.29, 0.717) is 0 Å². The van der Waals surface area contributed by atoms with E-state index in [1.807, 2.05) is 0 Å². The van der Waals surface area contributed by atoms with Crippen LogP contribution in [0.25, 0.3) is 0 Å². The first-order valence-corrected chi connectivity index (χ1v) is 9.12. The Kier molecular flexibility index (Phi) is 5.35. The van der Waals surface area contributed by atoms with Gasteiger partial charge in [-0.2, -0.15) is 0 Å². The van der Waals surface area contributed by atoms with Crippen molar-refractivity contribution in [1.29, 1.82) is 0 Å². The van der Waals surface area contributed by atoms with Gasteiger partial charge in [-0.3, -0.25) is 0 Å². The average molecular weight is 285 g/mol. The van der Waals surface area contributed by atoms with Gasteiger partial charge in [-0.15, -0.1) is 0 Å². The number of hydrogen-bond acceptors (Lipinski definition) is 1. The van der Waals surface area contributed by atoms with Gasteiger partial charge in [0.25, 0.3) is 0 Å². The van der Waals surface area contributed by atoms with Gasteiger partial charge in [0.2, 0.25) is 0 Å². The Bertz CT molecular complexity index is 433. The van der Waals surface area contributed by atoms with Crippen molar-refractivity contribution in [3.05, 3.63) is 35.4 Å². The topological polar surface area (TPSA) is 12.0 Å². The van der Waals surface area contributed by atoms with E-state index in [1.165, 1.54) is 68.9 Å². The van der Waals surface area contributed by atoms with Crippen LogP contribution in [-0.2, 0) is 6.54 Å². The van der Waals surface area contributed by atoms with Crippen molar-refractivity contribution in [2.75, 3.05) is 0 Å². The van der Waals surface area contributed by atoms with Crippen molar-refractivity contribution in [2.24, 2.45) is 11.8 Å². The summed E-state index contributed by atoms with van der Waals surface area (Å²) in [4.78, 5) is 0. The van der Waals surface area contributed by atoms with Crippen molar-refractivity contribution < 1.29 is 0 Å². The standard InChI is InChI=1S/C20H31N/c1-16-9-5-6-12-18(16)15-21-20-14-8-7-13-19(20)17-10-3-2-4-11-17/h5-6,9,12,17,19-21H,2-4,7-8,10-11,13-15H2,1H3. The third-order valence-corrected chi connectivity index (χ3v) is 5.89. The van der Waals surface area contributed by atoms with Gasteiger partial charge in [-0.05, 0) is 42.7 Å². The smallest absolute Gasteiger partial charge is 0.0210 e. The lowest BCUT2D eigenvalue weighted by atomic mass is 9.71. The largest absolute Gasteiger partial charge is 0.310 e. The molecule has 0 saturated heterocycles. The zero-order valence-corrected chi connectivity index (χ0v) is 13.6. The number of aryl methyl sites for hydroxylation is 1. The number of benzene rings is 1. The zero-order chi connectivity index (χ0) is 14.5. The minimum absolute atomic E-state index is 0.765. The van der Waals surface area contributed by atoms with Gasteiger partial charge in [0, 0.05) is 12.6 Å². The van der Waals surface area contributed by atoms with Gasteiger partial charge in [-0.1, -0.05) is 69.2 Å². The Labute approximate surface area is 130 Å². The van der Waals surface area contributed by atoms with Crippen LogP contribution in [0.15, 0.2) is 24.3 Å². The summed E-state index contributed by atoms with van der Waals surface area (Å²) in [5, 5.41) is 3.93. The second-order valence-electron chi connectivity index (χ2n) is 7.26. The van der Waals surface area contributed by atoms with Gasteiger partial charge >= 0.3 is 0 Å². The molecule has 1 nitrogen and oxygen atoms in total. The molecule has 0 aliphatic heterocycles. The second-order valence-corrected chi connectivity index (χ2v) is 7.26. The highest BCUT2D eigenvalue weighted by Gasteiger charge is 2.32. The van der Waals surface area contributed by atoms with Crippen LogP contribution in [0.3, 0.4) is 0 Å². The Morgan fingerprint density at radius 1 is 0.905 bits per heavy atom. The van der Waals surface area contributed by atoms with E-state index in [1.54, 1.807) is 0 Å². The third kappa shape index (κ3) is 3.88. The summed E-state index contributed by atoms with van der Waals surface area (Å²) in [5.41, 5.74) is 2.90. The molecule has 0 heterocycles. The fourth-order valence-corrected chi connectivity index (χ4v) is 4.59. The SMILES string of the molecule is Cc1ccccc1CNC1CCCCC1C1CCCCC1. The molecule has 2 fully saturated rings. The Hall–Kier alpha value is -0.820. The number of hydrogen-bond donors (Lipinski definition) is 1. The molecule has 2 atom stereocenters. The Morgan fingerprint density at radius 2 is 1.62 bits per heavy atom. The van der Waals surface area contributed by atoms with Crippen molar-refractivity contribution in [3.8, 4) is 0 Å². The lowest BCUT2D eigenvalue weighted by Crippen LogP contribution is -2.42. The molecule has 21 heavy (non-hydrogen) atoms. The van der Waals surface area contributed by atoms with Gasteiger partial charge in [0.05, 0.1) is 0 Å². The molecule has 2 aliphatic rings. The molecule has 1 aromatic rings. The van der Waals surface area contributed by atoms with E-state index >= 15 is 0 Å². The van der Waals surface area contributed by atoms with Crippen LogP contribution in [0.1, 0.15) is 68.9 Å². The summed E-state index contributed by atoms with van der Waals surface area (Å²) < 4.78 is 0. The second kappa shape index (κ2) is 7.45. The summed E-state index contributed by atoms with van der Waals surface area (Å²) in [7, 11) is 0. The van der Waals surface area contributed by atoms with Gasteiger partial charge in [0.15, 0.2) is 0 Å². The van der Waals surface area contributed by atoms with Crippen LogP contribution in [0.5, 0.6) is 0 Å². The minimum atomic E-state index is 0.765. The van der Waals surface area contributed by atoms with Crippen LogP contribution in [-0.4, -0.2) is 6.04 Å². The molecule has 3 rings (SSSR count). The molecule has 1 heteroatoms. The molecule has 0 amide bonds. The molecule has 1 N–H and O–H groups in total. The minimum Gasteiger partial charge on any atom is -0.310 e. The predicted molar refractivity (Wildman–Crippen MR) is 90.3 cm³/mol. The van der Waals surface area contributed by atoms with E-state index < -0.39 is 0 Å². The maximum Gasteiger partial charge on any atom is 0.0210 e. The fourth-order valence-electron chi connectivity index (χ4n) is 4.59. The maximum atomic E-state index is 3.93. The van der Waals surface area contributed by atoms with Crippen molar-refractivity contribution in [2.45, 2.75) is 77.3 Å². The highest BCUT2D eigenvalue weighted by Crippen LogP contribution is 2.38. The van der Waals surface area contributed by atoms with E-state index in [2.05, 4.69) is 36.5 Å². The first-order valence-electron chi connectivity index (χ1n) is 9.12. The van der Waals surface area contributed by atoms with E-state index in [9.17, 15) is 0 Å². The van der Waals surface area contributed by atoms with E-state index in [-0.39, 0.29) is 0 Å². The van der Waals surface area contributed by atoms with Crippen molar-refractivity contribution in [3.63, 3.8) is 0 Å². The normalized spacial score (nSPS) is 27.7. The summed E-state index contributed by atoms with van der Waals surface area (Å²) in [6, 6.07) is 9.59. The summed E-state index contributed by atoms with van der Waals surface area (Å²) in [5.74, 6) is 1.96. The maximum absolute atomic E-state index is 3.93. The van der Waals surface area contributed by atoms with Crippen LogP contribution >= 0.6 is 0 Å². The Balaban J connectivity index is 1.60. The molecular formula is C20H31N. The molecule has 2 saturated carbocycles. The molecule has 0 aromatic heterocycles. The monoisotopic (exact) mass is 285 g/mol. The predicted octanol–water partition coefficient (Wildman–Crippen LogP) is 5.22. The van der Waals surface area contributed by atoms with Crippen LogP contribution in [0.4, 0.5) is 0 Å². The molecule has 1 aromatic carbocycles. The van der Waals surface area contributed by atoms with Crippen LogP contribution in [0.2, 0.25) is 0 Å². The van der Waals surface area contributed by atoms with Gasteiger partial charge < -0.3 is 5.32 Å². The first-order chi connectivity index (χ1) is 10.3. The van der Waals surface area contributed by atoms with Crippen LogP contribution in [0, 0.1) is 18.8 Å². The molecule has 2 aliphatic carbocycles. The third-order valence-electron chi connectivity index (χ3n) is 5.89. The first kappa shape index (κ1) is 15.1. The quantitative estimate of drug-likeness (QED) is 0.799. The van der Waals surface area contributed by atoms with Crippen molar-refractivity contribution in [1.82, 2.24) is 5.32 Å². The average Bonchev–Trinajstić information content (AvgIpc) is 2.55. The highest BCUT2D eigenvalue weighted by molar-refractivity contribution is 5.25. The molecule has 0 radical (unpaired) electrons. The molecular weight excluding hydrogens is 254 g/mol. The van der Waals surface area contributed by atoms with E-state index in [0.717, 1.165) is 24.4 Å². The molecule has 2 unspecified atom stereocenters. The summed E-state index contributed by atoms with van der Waals surface area (Å²) in [6.07, 6.45) is 13.2. The van der Waals surface area contributed by atoms with Crippen LogP contribution < -0.4 is 5.32 Å². The summed E-state index contributed by atoms with van der Waals surface area (Å²) in [6.45, 7) is 3.29. The lowest BCUT2D eigenvalue weighted by molar-refractivity contribution is 0.149. The lowest BCUT2D eigenvalue weighted by Gasteiger charge is -2.39. The number of nitrogens with one attached hydrogen (secondary N) is 1. The number of rotatable bonds is 4. The zero-order valence-electron chi connectivity index (χ0n) is 13.6. The summed E-state index contributed by atoms with van der Waals surface area (Å²) >= 11 is 0. The Morgan fingerprint density at radius 3 is 2.43 bits per heavy atom. The highest BCUT2D eigenvalue weighted by atomic mass is 14.9. The fraction of sp³-hybridized carbons (Fsp3) is 0.700. The molecule has 0 bridgehead atoms. The van der Waals surface area contributed by atoms with Gasteiger partial charge in [0.1, 0.15) is 0 Å². The molecule has 0 spiro atoms. The van der Waals surface area contributed by atoms with Gasteiger partial charge in [-0.25, -0.2) is 0 Å².